The number of carbonyl (C=O) groups excluding carboxylic acids is 2. The first-order valence-corrected chi connectivity index (χ1v) is 10.00. The molecule has 8 nitrogen and oxygen atoms in total. The zero-order chi connectivity index (χ0) is 20.3. The molecule has 0 aromatic carbocycles. The van der Waals surface area contributed by atoms with Crippen LogP contribution in [0.1, 0.15) is 42.5 Å². The van der Waals surface area contributed by atoms with Gasteiger partial charge in [0, 0.05) is 11.4 Å². The van der Waals surface area contributed by atoms with E-state index < -0.39 is 24.0 Å². The minimum Gasteiger partial charge on any atom is -0.456 e. The Morgan fingerprint density at radius 1 is 1.39 bits per heavy atom. The Kier molecular flexibility index (Phi) is 5.79. The highest BCUT2D eigenvalue weighted by Crippen LogP contribution is 2.28. The third kappa shape index (κ3) is 4.07. The van der Waals surface area contributed by atoms with Gasteiger partial charge in [0.15, 0.2) is 6.61 Å². The minimum absolute atomic E-state index is 0.0497. The molecule has 0 bridgehead atoms. The lowest BCUT2D eigenvalue weighted by Crippen LogP contribution is -2.46. The van der Waals surface area contributed by atoms with Crippen LogP contribution in [0.3, 0.4) is 0 Å². The SMILES string of the molecule is Cc1sc2ncn(CCC(=O)OCC(=O)NC3(C#N)CCCC3)c(=O)c2c1C. The second kappa shape index (κ2) is 8.10. The number of amides is 1. The van der Waals surface area contributed by atoms with Crippen LogP contribution in [0.5, 0.6) is 0 Å². The van der Waals surface area contributed by atoms with E-state index in [1.165, 1.54) is 22.2 Å². The number of thiophene rings is 1. The summed E-state index contributed by atoms with van der Waals surface area (Å²) in [5.41, 5.74) is -0.118. The zero-order valence-electron chi connectivity index (χ0n) is 15.9. The van der Waals surface area contributed by atoms with E-state index in [0.29, 0.717) is 23.1 Å². The Morgan fingerprint density at radius 3 is 2.79 bits per heavy atom. The Morgan fingerprint density at radius 2 is 2.11 bits per heavy atom. The summed E-state index contributed by atoms with van der Waals surface area (Å²) in [6.45, 7) is 3.51. The number of nitriles is 1. The molecule has 0 spiro atoms. The highest BCUT2D eigenvalue weighted by molar-refractivity contribution is 7.18. The van der Waals surface area contributed by atoms with Crippen LogP contribution in [0, 0.1) is 25.2 Å². The van der Waals surface area contributed by atoms with Gasteiger partial charge in [0.25, 0.3) is 11.5 Å². The number of nitrogens with one attached hydrogen (secondary N) is 1. The number of fused-ring (bicyclic) bond motifs is 1. The quantitative estimate of drug-likeness (QED) is 0.739. The van der Waals surface area contributed by atoms with E-state index in [-0.39, 0.29) is 18.5 Å². The van der Waals surface area contributed by atoms with E-state index in [2.05, 4.69) is 16.4 Å². The number of nitrogens with zero attached hydrogens (tertiary/aromatic N) is 3. The van der Waals surface area contributed by atoms with Gasteiger partial charge in [0.05, 0.1) is 24.2 Å². The van der Waals surface area contributed by atoms with Gasteiger partial charge in [-0.1, -0.05) is 0 Å². The second-order valence-corrected chi connectivity index (χ2v) is 8.27. The molecule has 1 fully saturated rings. The molecule has 1 aliphatic rings. The number of rotatable bonds is 6. The van der Waals surface area contributed by atoms with Crippen LogP contribution < -0.4 is 10.9 Å². The van der Waals surface area contributed by atoms with Crippen LogP contribution in [0.25, 0.3) is 10.2 Å². The van der Waals surface area contributed by atoms with Gasteiger partial charge < -0.3 is 10.1 Å². The maximum Gasteiger partial charge on any atom is 0.308 e. The molecule has 0 atom stereocenters. The molecule has 0 aliphatic heterocycles. The van der Waals surface area contributed by atoms with Gasteiger partial charge in [-0.3, -0.25) is 19.0 Å². The van der Waals surface area contributed by atoms with Crippen molar-refractivity contribution in [3.8, 4) is 6.07 Å². The second-order valence-electron chi connectivity index (χ2n) is 7.07. The maximum absolute atomic E-state index is 12.6. The molecule has 9 heteroatoms. The van der Waals surface area contributed by atoms with Crippen LogP contribution in [-0.4, -0.2) is 33.6 Å². The van der Waals surface area contributed by atoms with Gasteiger partial charge in [-0.15, -0.1) is 11.3 Å². The van der Waals surface area contributed by atoms with Crippen molar-refractivity contribution in [2.24, 2.45) is 0 Å². The first-order chi connectivity index (χ1) is 13.3. The lowest BCUT2D eigenvalue weighted by Gasteiger charge is -2.21. The molecule has 2 aromatic heterocycles. The first-order valence-electron chi connectivity index (χ1n) is 9.18. The molecule has 2 heterocycles. The predicted octanol–water partition coefficient (Wildman–Crippen LogP) is 1.96. The third-order valence-corrected chi connectivity index (χ3v) is 6.24. The summed E-state index contributed by atoms with van der Waals surface area (Å²) >= 11 is 1.47. The number of aryl methyl sites for hydroxylation is 3. The van der Waals surface area contributed by atoms with Crippen molar-refractivity contribution in [2.45, 2.75) is 58.0 Å². The summed E-state index contributed by atoms with van der Waals surface area (Å²) in [6, 6.07) is 2.15. The number of carbonyl (C=O) groups is 2. The van der Waals surface area contributed by atoms with E-state index in [1.807, 2.05) is 13.8 Å². The van der Waals surface area contributed by atoms with Crippen LogP contribution >= 0.6 is 11.3 Å². The van der Waals surface area contributed by atoms with Crippen molar-refractivity contribution in [3.05, 3.63) is 27.1 Å². The molecule has 1 amide bonds. The Bertz CT molecular complexity index is 1010. The van der Waals surface area contributed by atoms with Crippen molar-refractivity contribution in [3.63, 3.8) is 0 Å². The maximum atomic E-state index is 12.6. The summed E-state index contributed by atoms with van der Waals surface area (Å²) in [5, 5.41) is 12.5. The monoisotopic (exact) mass is 402 g/mol. The van der Waals surface area contributed by atoms with Gasteiger partial charge >= 0.3 is 5.97 Å². The standard InChI is InChI=1S/C19H22N4O4S/c1-12-13(2)28-17-16(12)18(26)23(11-21-17)8-5-15(25)27-9-14(24)22-19(10-20)6-3-4-7-19/h11H,3-9H2,1-2H3,(H,22,24). The fourth-order valence-corrected chi connectivity index (χ4v) is 4.39. The molecule has 0 saturated heterocycles. The van der Waals surface area contributed by atoms with Gasteiger partial charge in [0.2, 0.25) is 0 Å². The molecule has 1 aliphatic carbocycles. The Labute approximate surface area is 166 Å². The Hall–Kier alpha value is -2.73. The fraction of sp³-hybridized carbons (Fsp3) is 0.526. The van der Waals surface area contributed by atoms with E-state index in [1.54, 1.807) is 0 Å². The summed E-state index contributed by atoms with van der Waals surface area (Å²) < 4.78 is 6.37. The van der Waals surface area contributed by atoms with Crippen LogP contribution in [0.4, 0.5) is 0 Å². The fourth-order valence-electron chi connectivity index (χ4n) is 3.41. The van der Waals surface area contributed by atoms with Gasteiger partial charge in [-0.2, -0.15) is 5.26 Å². The lowest BCUT2D eigenvalue weighted by molar-refractivity contribution is -0.149. The van der Waals surface area contributed by atoms with Crippen molar-refractivity contribution in [2.75, 3.05) is 6.61 Å². The molecule has 28 heavy (non-hydrogen) atoms. The molecule has 1 saturated carbocycles. The smallest absolute Gasteiger partial charge is 0.308 e. The topological polar surface area (TPSA) is 114 Å². The van der Waals surface area contributed by atoms with E-state index in [0.717, 1.165) is 23.3 Å². The largest absolute Gasteiger partial charge is 0.456 e. The number of hydrogen-bond donors (Lipinski definition) is 1. The summed E-state index contributed by atoms with van der Waals surface area (Å²) in [7, 11) is 0. The molecule has 0 radical (unpaired) electrons. The van der Waals surface area contributed by atoms with Gasteiger partial charge in [-0.25, -0.2) is 4.98 Å². The van der Waals surface area contributed by atoms with E-state index >= 15 is 0 Å². The summed E-state index contributed by atoms with van der Waals surface area (Å²) in [5.74, 6) is -1.07. The molecule has 3 rings (SSSR count). The highest BCUT2D eigenvalue weighted by atomic mass is 32.1. The third-order valence-electron chi connectivity index (χ3n) is 5.13. The number of aromatic nitrogens is 2. The average Bonchev–Trinajstić information content (AvgIpc) is 3.25. The van der Waals surface area contributed by atoms with Crippen molar-refractivity contribution < 1.29 is 14.3 Å². The minimum atomic E-state index is -0.839. The highest BCUT2D eigenvalue weighted by Gasteiger charge is 2.35. The number of esters is 1. The van der Waals surface area contributed by atoms with Crippen molar-refractivity contribution >= 4 is 33.4 Å². The first kappa shape index (κ1) is 20.0. The van der Waals surface area contributed by atoms with E-state index in [4.69, 9.17) is 4.74 Å². The molecule has 2 aromatic rings. The van der Waals surface area contributed by atoms with Crippen LogP contribution in [0.15, 0.2) is 11.1 Å². The summed E-state index contributed by atoms with van der Waals surface area (Å²) in [4.78, 5) is 42.5. The lowest BCUT2D eigenvalue weighted by atomic mass is 10.00. The Balaban J connectivity index is 1.53. The molecular weight excluding hydrogens is 380 g/mol. The number of ether oxygens (including phenoxy) is 1. The molecule has 1 N–H and O–H groups in total. The molecule has 148 valence electrons. The van der Waals surface area contributed by atoms with Crippen LogP contribution in [-0.2, 0) is 20.9 Å². The average molecular weight is 402 g/mol. The molecule has 0 unspecified atom stereocenters. The summed E-state index contributed by atoms with van der Waals surface area (Å²) in [6.07, 6.45) is 4.39. The number of hydrogen-bond acceptors (Lipinski definition) is 7. The van der Waals surface area contributed by atoms with Crippen molar-refractivity contribution in [1.29, 1.82) is 5.26 Å². The predicted molar refractivity (Wildman–Crippen MR) is 104 cm³/mol. The van der Waals surface area contributed by atoms with Gasteiger partial charge in [-0.05, 0) is 45.1 Å². The molecular formula is C19H22N4O4S. The van der Waals surface area contributed by atoms with Crippen molar-refractivity contribution in [1.82, 2.24) is 14.9 Å². The van der Waals surface area contributed by atoms with Gasteiger partial charge in [0.1, 0.15) is 10.4 Å². The normalized spacial score (nSPS) is 15.3. The van der Waals surface area contributed by atoms with E-state index in [9.17, 15) is 19.6 Å². The van der Waals surface area contributed by atoms with Crippen LogP contribution in [0.2, 0.25) is 0 Å². The zero-order valence-corrected chi connectivity index (χ0v) is 16.7.